The summed E-state index contributed by atoms with van der Waals surface area (Å²) in [6.07, 6.45) is 4.11. The summed E-state index contributed by atoms with van der Waals surface area (Å²) in [6, 6.07) is 0. The summed E-state index contributed by atoms with van der Waals surface area (Å²) in [4.78, 5) is 2.60. The predicted octanol–water partition coefficient (Wildman–Crippen LogP) is 1.47. The van der Waals surface area contributed by atoms with Gasteiger partial charge in [0.25, 0.3) is 0 Å². The molecule has 3 nitrogen and oxygen atoms in total. The van der Waals surface area contributed by atoms with Crippen LogP contribution in [0.1, 0.15) is 33.1 Å². The quantitative estimate of drug-likeness (QED) is 0.792. The number of hydrogen-bond acceptors (Lipinski definition) is 3. The highest BCUT2D eigenvalue weighted by Gasteiger charge is 2.44. The Morgan fingerprint density at radius 3 is 2.56 bits per heavy atom. The van der Waals surface area contributed by atoms with Gasteiger partial charge in [-0.3, -0.25) is 0 Å². The Kier molecular flexibility index (Phi) is 3.88. The summed E-state index contributed by atoms with van der Waals surface area (Å²) in [5.74, 6) is 0.777. The number of piperidine rings is 1. The molecule has 2 aliphatic rings. The summed E-state index contributed by atoms with van der Waals surface area (Å²) in [5.41, 5.74) is 6.23. The first-order valence-corrected chi connectivity index (χ1v) is 6.70. The van der Waals surface area contributed by atoms with Crippen molar-refractivity contribution in [2.75, 3.05) is 32.8 Å². The highest BCUT2D eigenvalue weighted by atomic mass is 16.5. The van der Waals surface area contributed by atoms with Crippen molar-refractivity contribution in [3.63, 3.8) is 0 Å². The first-order valence-electron chi connectivity index (χ1n) is 6.70. The fraction of sp³-hybridized carbons (Fsp3) is 1.00. The van der Waals surface area contributed by atoms with E-state index >= 15 is 0 Å². The third kappa shape index (κ3) is 2.41. The monoisotopic (exact) mass is 226 g/mol. The Balaban J connectivity index is 1.88. The van der Waals surface area contributed by atoms with Gasteiger partial charge < -0.3 is 15.4 Å². The molecule has 3 heteroatoms. The first kappa shape index (κ1) is 12.3. The zero-order valence-electron chi connectivity index (χ0n) is 10.7. The van der Waals surface area contributed by atoms with Gasteiger partial charge in [0, 0.05) is 25.1 Å². The van der Waals surface area contributed by atoms with Gasteiger partial charge in [-0.05, 0) is 38.3 Å². The minimum Gasteiger partial charge on any atom is -0.376 e. The van der Waals surface area contributed by atoms with E-state index in [-0.39, 0.29) is 0 Å². The number of ether oxygens (including phenoxy) is 1. The van der Waals surface area contributed by atoms with Gasteiger partial charge in [-0.15, -0.1) is 0 Å². The van der Waals surface area contributed by atoms with Crippen LogP contribution in [0.3, 0.4) is 0 Å². The van der Waals surface area contributed by atoms with Crippen LogP contribution in [-0.4, -0.2) is 43.8 Å². The van der Waals surface area contributed by atoms with Crippen molar-refractivity contribution < 1.29 is 4.74 Å². The predicted molar refractivity (Wildman–Crippen MR) is 66.4 cm³/mol. The average Bonchev–Trinajstić information content (AvgIpc) is 2.64. The lowest BCUT2D eigenvalue weighted by molar-refractivity contribution is 0.0123. The standard InChI is InChI=1S/C13H26N2O/c1-11(2)10-15-6-3-13(4-7-15)5-8-16-12(13)9-14/h11-12H,3-10,14H2,1-2H3. The minimum atomic E-state index is 0.327. The third-order valence-corrected chi connectivity index (χ3v) is 4.29. The van der Waals surface area contributed by atoms with Gasteiger partial charge in [-0.2, -0.15) is 0 Å². The van der Waals surface area contributed by atoms with Crippen LogP contribution < -0.4 is 5.73 Å². The Labute approximate surface area is 99.3 Å². The molecule has 0 saturated carbocycles. The SMILES string of the molecule is CC(C)CN1CCC2(CCOC2CN)CC1. The van der Waals surface area contributed by atoms with E-state index in [0.29, 0.717) is 18.1 Å². The number of rotatable bonds is 3. The fourth-order valence-corrected chi connectivity index (χ4v) is 3.33. The van der Waals surface area contributed by atoms with Crippen molar-refractivity contribution in [3.05, 3.63) is 0 Å². The van der Waals surface area contributed by atoms with Crippen LogP contribution in [0.4, 0.5) is 0 Å². The maximum atomic E-state index is 5.82. The van der Waals surface area contributed by atoms with Crippen LogP contribution in [0.25, 0.3) is 0 Å². The number of nitrogens with two attached hydrogens (primary N) is 1. The first-order chi connectivity index (χ1) is 7.66. The molecule has 1 unspecified atom stereocenters. The van der Waals surface area contributed by atoms with Crippen molar-refractivity contribution >= 4 is 0 Å². The number of hydrogen-bond donors (Lipinski definition) is 1. The molecule has 0 radical (unpaired) electrons. The Morgan fingerprint density at radius 1 is 1.31 bits per heavy atom. The second-order valence-electron chi connectivity index (χ2n) is 5.90. The Morgan fingerprint density at radius 2 is 2.00 bits per heavy atom. The molecule has 2 N–H and O–H groups in total. The molecule has 0 aromatic heterocycles. The van der Waals surface area contributed by atoms with Crippen LogP contribution in [0.2, 0.25) is 0 Å². The lowest BCUT2D eigenvalue weighted by Crippen LogP contribution is -2.47. The van der Waals surface area contributed by atoms with Gasteiger partial charge >= 0.3 is 0 Å². The number of nitrogens with zero attached hydrogens (tertiary/aromatic N) is 1. The second kappa shape index (κ2) is 5.03. The third-order valence-electron chi connectivity index (χ3n) is 4.29. The second-order valence-corrected chi connectivity index (χ2v) is 5.90. The van der Waals surface area contributed by atoms with Gasteiger partial charge in [-0.1, -0.05) is 13.8 Å². The molecule has 0 amide bonds. The van der Waals surface area contributed by atoms with Crippen LogP contribution >= 0.6 is 0 Å². The molecular weight excluding hydrogens is 200 g/mol. The smallest absolute Gasteiger partial charge is 0.0755 e. The van der Waals surface area contributed by atoms with Crippen molar-refractivity contribution in [1.82, 2.24) is 4.90 Å². The van der Waals surface area contributed by atoms with E-state index in [1.807, 2.05) is 0 Å². The summed E-state index contributed by atoms with van der Waals surface area (Å²) in [6.45, 7) is 9.92. The molecule has 2 rings (SSSR count). The molecule has 2 fully saturated rings. The topological polar surface area (TPSA) is 38.5 Å². The lowest BCUT2D eigenvalue weighted by Gasteiger charge is -2.42. The fourth-order valence-electron chi connectivity index (χ4n) is 3.33. The molecular formula is C13H26N2O. The van der Waals surface area contributed by atoms with Gasteiger partial charge in [0.15, 0.2) is 0 Å². The van der Waals surface area contributed by atoms with E-state index in [9.17, 15) is 0 Å². The van der Waals surface area contributed by atoms with Crippen molar-refractivity contribution in [2.45, 2.75) is 39.2 Å². The maximum Gasteiger partial charge on any atom is 0.0755 e. The zero-order chi connectivity index (χ0) is 11.6. The maximum absolute atomic E-state index is 5.82. The molecule has 2 heterocycles. The Bertz CT molecular complexity index is 222. The van der Waals surface area contributed by atoms with E-state index in [0.717, 1.165) is 12.5 Å². The summed E-state index contributed by atoms with van der Waals surface area (Å²) in [5, 5.41) is 0. The summed E-state index contributed by atoms with van der Waals surface area (Å²) < 4.78 is 5.77. The van der Waals surface area contributed by atoms with E-state index in [2.05, 4.69) is 18.7 Å². The molecule has 0 aliphatic carbocycles. The van der Waals surface area contributed by atoms with E-state index < -0.39 is 0 Å². The molecule has 0 aromatic rings. The van der Waals surface area contributed by atoms with Crippen molar-refractivity contribution in [1.29, 1.82) is 0 Å². The molecule has 1 atom stereocenters. The van der Waals surface area contributed by atoms with E-state index in [4.69, 9.17) is 10.5 Å². The van der Waals surface area contributed by atoms with E-state index in [1.165, 1.54) is 38.9 Å². The molecule has 2 aliphatic heterocycles. The highest BCUT2D eigenvalue weighted by Crippen LogP contribution is 2.43. The Hall–Kier alpha value is -0.120. The van der Waals surface area contributed by atoms with Crippen LogP contribution in [0, 0.1) is 11.3 Å². The summed E-state index contributed by atoms with van der Waals surface area (Å²) >= 11 is 0. The molecule has 16 heavy (non-hydrogen) atoms. The minimum absolute atomic E-state index is 0.327. The summed E-state index contributed by atoms with van der Waals surface area (Å²) in [7, 11) is 0. The molecule has 2 saturated heterocycles. The molecule has 0 aromatic carbocycles. The van der Waals surface area contributed by atoms with Crippen LogP contribution in [0.15, 0.2) is 0 Å². The number of likely N-dealkylation sites (tertiary alicyclic amines) is 1. The van der Waals surface area contributed by atoms with Gasteiger partial charge in [0.2, 0.25) is 0 Å². The van der Waals surface area contributed by atoms with Crippen molar-refractivity contribution in [3.8, 4) is 0 Å². The average molecular weight is 226 g/mol. The van der Waals surface area contributed by atoms with Crippen LogP contribution in [0.5, 0.6) is 0 Å². The highest BCUT2D eigenvalue weighted by molar-refractivity contribution is 4.96. The molecule has 94 valence electrons. The van der Waals surface area contributed by atoms with Gasteiger partial charge in [0.05, 0.1) is 6.10 Å². The lowest BCUT2D eigenvalue weighted by atomic mass is 9.73. The largest absolute Gasteiger partial charge is 0.376 e. The van der Waals surface area contributed by atoms with Crippen molar-refractivity contribution in [2.24, 2.45) is 17.1 Å². The van der Waals surface area contributed by atoms with Gasteiger partial charge in [0.1, 0.15) is 0 Å². The van der Waals surface area contributed by atoms with Crippen LogP contribution in [-0.2, 0) is 4.74 Å². The zero-order valence-corrected chi connectivity index (χ0v) is 10.7. The van der Waals surface area contributed by atoms with E-state index in [1.54, 1.807) is 0 Å². The molecule has 0 bridgehead atoms. The normalized spacial score (nSPS) is 30.4. The van der Waals surface area contributed by atoms with Gasteiger partial charge in [-0.25, -0.2) is 0 Å². The molecule has 1 spiro atoms.